The molecule has 1 fully saturated rings. The quantitative estimate of drug-likeness (QED) is 0.292. The zero-order chi connectivity index (χ0) is 23.7. The summed E-state index contributed by atoms with van der Waals surface area (Å²) < 4.78 is 0. The number of hydrogen-bond acceptors (Lipinski definition) is 5. The van der Waals surface area contributed by atoms with E-state index in [4.69, 9.17) is 22.3 Å². The highest BCUT2D eigenvalue weighted by Crippen LogP contribution is 2.35. The molecular formula is C26H27ClN6O. The Hall–Kier alpha value is -3.58. The lowest BCUT2D eigenvalue weighted by Crippen LogP contribution is -2.42. The molecule has 2 aromatic carbocycles. The maximum atomic E-state index is 12.6. The Bertz CT molecular complexity index is 1330. The third-order valence-electron chi connectivity index (χ3n) is 6.39. The van der Waals surface area contributed by atoms with E-state index in [0.29, 0.717) is 27.9 Å². The van der Waals surface area contributed by atoms with E-state index in [2.05, 4.69) is 26.7 Å². The summed E-state index contributed by atoms with van der Waals surface area (Å²) >= 11 is 6.53. The number of rotatable bonds is 5. The van der Waals surface area contributed by atoms with Crippen molar-refractivity contribution in [3.63, 3.8) is 0 Å². The number of carbonyl (C=O) groups is 1. The molecular weight excluding hydrogens is 448 g/mol. The van der Waals surface area contributed by atoms with Crippen LogP contribution in [-0.2, 0) is 0 Å². The minimum Gasteiger partial charge on any atom is -0.399 e. The molecule has 1 amide bonds. The van der Waals surface area contributed by atoms with Gasteiger partial charge in [-0.15, -0.1) is 0 Å². The molecule has 2 atom stereocenters. The van der Waals surface area contributed by atoms with Gasteiger partial charge in [-0.05, 0) is 62.9 Å². The number of nitrogen functional groups attached to an aromatic ring is 1. The molecule has 2 heterocycles. The largest absolute Gasteiger partial charge is 0.399 e. The predicted molar refractivity (Wildman–Crippen MR) is 137 cm³/mol. The summed E-state index contributed by atoms with van der Waals surface area (Å²) in [5.41, 5.74) is 10.7. The van der Waals surface area contributed by atoms with Crippen LogP contribution in [0.3, 0.4) is 0 Å². The Morgan fingerprint density at radius 1 is 1.12 bits per heavy atom. The van der Waals surface area contributed by atoms with Gasteiger partial charge < -0.3 is 21.4 Å². The van der Waals surface area contributed by atoms with Gasteiger partial charge in [0, 0.05) is 45.5 Å². The summed E-state index contributed by atoms with van der Waals surface area (Å²) in [6, 6.07) is 15.3. The van der Waals surface area contributed by atoms with Gasteiger partial charge in [0.25, 0.3) is 5.91 Å². The number of hydrogen-bond donors (Lipinski definition) is 4. The van der Waals surface area contributed by atoms with Crippen LogP contribution in [-0.4, -0.2) is 32.9 Å². The fourth-order valence-corrected chi connectivity index (χ4v) is 4.92. The van der Waals surface area contributed by atoms with Crippen molar-refractivity contribution >= 4 is 40.0 Å². The highest BCUT2D eigenvalue weighted by Gasteiger charge is 2.25. The van der Waals surface area contributed by atoms with Crippen molar-refractivity contribution in [1.29, 1.82) is 0 Å². The molecule has 7 nitrogen and oxygen atoms in total. The second kappa shape index (κ2) is 9.35. The second-order valence-electron chi connectivity index (χ2n) is 8.86. The molecule has 174 valence electrons. The molecule has 0 radical (unpaired) electrons. The Kier molecular flexibility index (Phi) is 6.11. The van der Waals surface area contributed by atoms with Crippen LogP contribution in [0.4, 0.5) is 11.6 Å². The van der Waals surface area contributed by atoms with Gasteiger partial charge in [0.2, 0.25) is 5.95 Å². The number of para-hydroxylation sites is 1. The Morgan fingerprint density at radius 3 is 2.71 bits per heavy atom. The fraction of sp³-hybridized carbons (Fsp3) is 0.269. The van der Waals surface area contributed by atoms with E-state index in [1.54, 1.807) is 30.5 Å². The number of amides is 1. The SMILES string of the molecule is Cc1[nH]c2ccccc2c1-c1nc(NC2CCCC(NC(=O)c3ccc(N)cc3)C2)ncc1Cl. The summed E-state index contributed by atoms with van der Waals surface area (Å²) in [5.74, 6) is 0.463. The van der Waals surface area contributed by atoms with Crippen molar-refractivity contribution in [3.8, 4) is 11.3 Å². The van der Waals surface area contributed by atoms with Gasteiger partial charge in [-0.2, -0.15) is 0 Å². The van der Waals surface area contributed by atoms with Crippen LogP contribution in [0.5, 0.6) is 0 Å². The number of H-pyrrole nitrogens is 1. The minimum absolute atomic E-state index is 0.0782. The normalized spacial score (nSPS) is 18.1. The molecule has 0 saturated heterocycles. The van der Waals surface area contributed by atoms with Crippen molar-refractivity contribution in [2.75, 3.05) is 11.1 Å². The number of aromatic amines is 1. The number of fused-ring (bicyclic) bond motifs is 1. The number of nitrogens with two attached hydrogens (primary N) is 1. The smallest absolute Gasteiger partial charge is 0.251 e. The first-order valence-corrected chi connectivity index (χ1v) is 11.9. The number of carbonyl (C=O) groups excluding carboxylic acids is 1. The molecule has 0 spiro atoms. The number of aromatic nitrogens is 3. The lowest BCUT2D eigenvalue weighted by molar-refractivity contribution is 0.0926. The maximum absolute atomic E-state index is 12.6. The van der Waals surface area contributed by atoms with Crippen molar-refractivity contribution in [2.24, 2.45) is 0 Å². The van der Waals surface area contributed by atoms with Gasteiger partial charge >= 0.3 is 0 Å². The first-order valence-electron chi connectivity index (χ1n) is 11.5. The van der Waals surface area contributed by atoms with Crippen LogP contribution in [0.2, 0.25) is 5.02 Å². The van der Waals surface area contributed by atoms with Crippen molar-refractivity contribution < 1.29 is 4.79 Å². The first-order chi connectivity index (χ1) is 16.5. The van der Waals surface area contributed by atoms with E-state index < -0.39 is 0 Å². The zero-order valence-corrected chi connectivity index (χ0v) is 19.7. The monoisotopic (exact) mass is 474 g/mol. The molecule has 2 aromatic heterocycles. The molecule has 1 aliphatic rings. The molecule has 5 N–H and O–H groups in total. The average molecular weight is 475 g/mol. The van der Waals surface area contributed by atoms with Crippen LogP contribution in [0.25, 0.3) is 22.2 Å². The molecule has 1 saturated carbocycles. The predicted octanol–water partition coefficient (Wildman–Crippen LogP) is 5.32. The second-order valence-corrected chi connectivity index (χ2v) is 9.27. The Balaban J connectivity index is 1.31. The lowest BCUT2D eigenvalue weighted by Gasteiger charge is -2.30. The molecule has 8 heteroatoms. The molecule has 1 aliphatic carbocycles. The topological polar surface area (TPSA) is 109 Å². The summed E-state index contributed by atoms with van der Waals surface area (Å²) in [5, 5.41) is 8.21. The summed E-state index contributed by atoms with van der Waals surface area (Å²) in [4.78, 5) is 25.3. The van der Waals surface area contributed by atoms with Crippen molar-refractivity contribution in [2.45, 2.75) is 44.7 Å². The molecule has 0 bridgehead atoms. The minimum atomic E-state index is -0.0782. The number of aryl methyl sites for hydroxylation is 1. The lowest BCUT2D eigenvalue weighted by atomic mass is 9.91. The summed E-state index contributed by atoms with van der Waals surface area (Å²) in [6.45, 7) is 2.02. The zero-order valence-electron chi connectivity index (χ0n) is 18.9. The van der Waals surface area contributed by atoms with Crippen LogP contribution in [0.1, 0.15) is 41.7 Å². The number of halogens is 1. The van der Waals surface area contributed by atoms with Crippen LogP contribution in [0, 0.1) is 6.92 Å². The van der Waals surface area contributed by atoms with E-state index in [-0.39, 0.29) is 18.0 Å². The van der Waals surface area contributed by atoms with Gasteiger partial charge in [-0.25, -0.2) is 9.97 Å². The van der Waals surface area contributed by atoms with Crippen LogP contribution in [0.15, 0.2) is 54.7 Å². The van der Waals surface area contributed by atoms with Crippen LogP contribution < -0.4 is 16.4 Å². The van der Waals surface area contributed by atoms with E-state index in [9.17, 15) is 4.79 Å². The highest BCUT2D eigenvalue weighted by molar-refractivity contribution is 6.33. The molecule has 2 unspecified atom stereocenters. The van der Waals surface area contributed by atoms with Gasteiger partial charge in [0.05, 0.1) is 16.9 Å². The van der Waals surface area contributed by atoms with E-state index in [0.717, 1.165) is 47.8 Å². The van der Waals surface area contributed by atoms with E-state index in [1.807, 2.05) is 25.1 Å². The average Bonchev–Trinajstić information content (AvgIpc) is 3.16. The number of nitrogens with zero attached hydrogens (tertiary/aromatic N) is 2. The summed E-state index contributed by atoms with van der Waals surface area (Å²) in [6.07, 6.45) is 5.39. The van der Waals surface area contributed by atoms with Gasteiger partial charge in [-0.3, -0.25) is 4.79 Å². The highest BCUT2D eigenvalue weighted by atomic mass is 35.5. The van der Waals surface area contributed by atoms with Gasteiger partial charge in [-0.1, -0.05) is 29.8 Å². The Morgan fingerprint density at radius 2 is 1.88 bits per heavy atom. The number of anilines is 2. The molecule has 34 heavy (non-hydrogen) atoms. The fourth-order valence-electron chi connectivity index (χ4n) is 4.73. The number of benzene rings is 2. The first kappa shape index (κ1) is 22.2. The van der Waals surface area contributed by atoms with Crippen LogP contribution >= 0.6 is 11.6 Å². The maximum Gasteiger partial charge on any atom is 0.251 e. The third-order valence-corrected chi connectivity index (χ3v) is 6.67. The van der Waals surface area contributed by atoms with E-state index >= 15 is 0 Å². The third kappa shape index (κ3) is 4.56. The molecule has 4 aromatic rings. The van der Waals surface area contributed by atoms with E-state index in [1.165, 1.54) is 0 Å². The van der Waals surface area contributed by atoms with Crippen molar-refractivity contribution in [1.82, 2.24) is 20.3 Å². The summed E-state index contributed by atoms with van der Waals surface area (Å²) in [7, 11) is 0. The van der Waals surface area contributed by atoms with Gasteiger partial charge in [0.15, 0.2) is 0 Å². The molecule has 0 aliphatic heterocycles. The van der Waals surface area contributed by atoms with Gasteiger partial charge in [0.1, 0.15) is 0 Å². The number of nitrogens with one attached hydrogen (secondary N) is 3. The molecule has 5 rings (SSSR count). The standard InChI is InChI=1S/C26H27ClN6O/c1-15-23(20-7-2-3-8-22(20)30-15)24-21(27)14-29-26(33-24)32-19-6-4-5-18(13-19)31-25(34)16-9-11-17(28)12-10-16/h2-3,7-12,14,18-19,30H,4-6,13,28H2,1H3,(H,31,34)(H,29,32,33). The Labute approximate surface area is 203 Å². The van der Waals surface area contributed by atoms with Crippen molar-refractivity contribution in [3.05, 3.63) is 71.0 Å².